The average Bonchev–Trinajstić information content (AvgIpc) is 3.22. The van der Waals surface area contributed by atoms with Gasteiger partial charge in [-0.1, -0.05) is 109 Å². The van der Waals surface area contributed by atoms with E-state index in [-0.39, 0.29) is 0 Å². The molecule has 0 amide bonds. The van der Waals surface area contributed by atoms with E-state index in [0.29, 0.717) is 12.4 Å². The van der Waals surface area contributed by atoms with Gasteiger partial charge < -0.3 is 0 Å². The molecule has 5 heteroatoms. The largest absolute Gasteiger partial charge is 0.260 e. The quantitative estimate of drug-likeness (QED) is 0.126. The maximum atomic E-state index is 5.33. The highest BCUT2D eigenvalue weighted by Gasteiger charge is 2.25. The lowest BCUT2D eigenvalue weighted by Crippen LogP contribution is -2.05. The SMILES string of the molecule is Sc1c(C2=CC=CCC#C2)c2ccccc2c2c3cccnc3n(-c3nc(-c4ccccc4)c4ccc5ccccc5c4n3)c12. The van der Waals surface area contributed by atoms with Crippen LogP contribution in [-0.4, -0.2) is 19.5 Å². The number of hydrogen-bond donors (Lipinski definition) is 1. The molecule has 0 spiro atoms. The lowest BCUT2D eigenvalue weighted by molar-refractivity contribution is 0.991. The van der Waals surface area contributed by atoms with Gasteiger partial charge in [0.05, 0.1) is 16.7 Å². The Bertz CT molecular complexity index is 2640. The maximum absolute atomic E-state index is 5.33. The number of fused-ring (bicyclic) bond motifs is 8. The fourth-order valence-electron chi connectivity index (χ4n) is 6.64. The van der Waals surface area contributed by atoms with Crippen molar-refractivity contribution >= 4 is 72.6 Å². The lowest BCUT2D eigenvalue weighted by Gasteiger charge is -2.16. The van der Waals surface area contributed by atoms with E-state index in [1.54, 1.807) is 0 Å². The first-order valence-corrected chi connectivity index (χ1v) is 15.4. The normalized spacial score (nSPS) is 13.0. The van der Waals surface area contributed by atoms with Crippen molar-refractivity contribution < 1.29 is 0 Å². The van der Waals surface area contributed by atoms with Crippen molar-refractivity contribution in [3.63, 3.8) is 0 Å². The topological polar surface area (TPSA) is 43.6 Å². The molecular formula is C40H24N4S. The third kappa shape index (κ3) is 3.93. The zero-order chi connectivity index (χ0) is 29.9. The van der Waals surface area contributed by atoms with Crippen LogP contribution in [0.3, 0.4) is 0 Å². The van der Waals surface area contributed by atoms with Gasteiger partial charge in [-0.2, -0.15) is 0 Å². The Morgan fingerprint density at radius 3 is 2.38 bits per heavy atom. The molecule has 0 bridgehead atoms. The molecule has 0 saturated carbocycles. The summed E-state index contributed by atoms with van der Waals surface area (Å²) in [4.78, 5) is 16.4. The third-order valence-electron chi connectivity index (χ3n) is 8.59. The zero-order valence-electron chi connectivity index (χ0n) is 24.1. The molecule has 0 atom stereocenters. The van der Waals surface area contributed by atoms with Crippen LogP contribution in [0.25, 0.3) is 77.2 Å². The molecule has 0 aliphatic heterocycles. The van der Waals surface area contributed by atoms with Crippen LogP contribution in [0.5, 0.6) is 0 Å². The summed E-state index contributed by atoms with van der Waals surface area (Å²) < 4.78 is 2.09. The van der Waals surface area contributed by atoms with Crippen LogP contribution in [0.4, 0.5) is 0 Å². The van der Waals surface area contributed by atoms with Crippen molar-refractivity contribution in [3.05, 3.63) is 133 Å². The Morgan fingerprint density at radius 2 is 1.49 bits per heavy atom. The van der Waals surface area contributed by atoms with E-state index in [2.05, 4.69) is 113 Å². The molecule has 3 heterocycles. The first-order valence-electron chi connectivity index (χ1n) is 14.9. The number of hydrogen-bond acceptors (Lipinski definition) is 4. The Hall–Kier alpha value is -5.70. The maximum Gasteiger partial charge on any atom is 0.237 e. The predicted octanol–water partition coefficient (Wildman–Crippen LogP) is 9.73. The van der Waals surface area contributed by atoms with Gasteiger partial charge in [-0.25, -0.2) is 15.0 Å². The van der Waals surface area contributed by atoms with Crippen LogP contribution in [0.15, 0.2) is 132 Å². The summed E-state index contributed by atoms with van der Waals surface area (Å²) in [6.45, 7) is 0. The number of benzene rings is 5. The molecule has 0 saturated heterocycles. The van der Waals surface area contributed by atoms with Crippen LogP contribution < -0.4 is 0 Å². The first-order chi connectivity index (χ1) is 22.3. The molecule has 4 nitrogen and oxygen atoms in total. The van der Waals surface area contributed by atoms with E-state index in [1.165, 1.54) is 0 Å². The van der Waals surface area contributed by atoms with Crippen LogP contribution in [0.1, 0.15) is 12.0 Å². The monoisotopic (exact) mass is 592 g/mol. The first kappa shape index (κ1) is 25.8. The van der Waals surface area contributed by atoms with Crippen LogP contribution >= 0.6 is 12.6 Å². The highest BCUT2D eigenvalue weighted by Crippen LogP contribution is 2.44. The highest BCUT2D eigenvalue weighted by molar-refractivity contribution is 7.80. The zero-order valence-corrected chi connectivity index (χ0v) is 25.0. The van der Waals surface area contributed by atoms with E-state index >= 15 is 0 Å². The molecule has 0 fully saturated rings. The molecule has 5 aromatic carbocycles. The molecule has 45 heavy (non-hydrogen) atoms. The van der Waals surface area contributed by atoms with E-state index in [0.717, 1.165) is 81.7 Å². The second-order valence-corrected chi connectivity index (χ2v) is 11.6. The third-order valence-corrected chi connectivity index (χ3v) is 9.03. The number of thiol groups is 1. The minimum atomic E-state index is 0.550. The molecule has 3 aromatic heterocycles. The summed E-state index contributed by atoms with van der Waals surface area (Å²) in [5, 5.41) is 7.51. The van der Waals surface area contributed by atoms with Gasteiger partial charge in [0.15, 0.2) is 0 Å². The molecule has 9 rings (SSSR count). The van der Waals surface area contributed by atoms with Crippen molar-refractivity contribution in [2.75, 3.05) is 0 Å². The van der Waals surface area contributed by atoms with Crippen molar-refractivity contribution in [1.29, 1.82) is 0 Å². The lowest BCUT2D eigenvalue weighted by atomic mass is 9.94. The Morgan fingerprint density at radius 1 is 0.711 bits per heavy atom. The fourth-order valence-corrected chi connectivity index (χ4v) is 7.09. The molecular weight excluding hydrogens is 569 g/mol. The predicted molar refractivity (Wildman–Crippen MR) is 189 cm³/mol. The Balaban J connectivity index is 1.49. The summed E-state index contributed by atoms with van der Waals surface area (Å²) in [5.41, 5.74) is 6.42. The van der Waals surface area contributed by atoms with E-state index in [4.69, 9.17) is 27.6 Å². The summed E-state index contributed by atoms with van der Waals surface area (Å²) in [6.07, 6.45) is 8.78. The van der Waals surface area contributed by atoms with Crippen LogP contribution in [0.2, 0.25) is 0 Å². The molecule has 0 unspecified atom stereocenters. The van der Waals surface area contributed by atoms with E-state index < -0.39 is 0 Å². The molecule has 0 N–H and O–H groups in total. The smallest absolute Gasteiger partial charge is 0.237 e. The van der Waals surface area contributed by atoms with Gasteiger partial charge >= 0.3 is 0 Å². The summed E-state index contributed by atoms with van der Waals surface area (Å²) in [7, 11) is 0. The number of nitrogens with zero attached hydrogens (tertiary/aromatic N) is 4. The minimum absolute atomic E-state index is 0.550. The average molecular weight is 593 g/mol. The second-order valence-electron chi connectivity index (χ2n) is 11.1. The minimum Gasteiger partial charge on any atom is -0.260 e. The number of pyridine rings is 1. The van der Waals surface area contributed by atoms with Crippen molar-refractivity contribution in [1.82, 2.24) is 19.5 Å². The Labute approximate surface area is 264 Å². The van der Waals surface area contributed by atoms with Gasteiger partial charge in [0.2, 0.25) is 5.95 Å². The van der Waals surface area contributed by atoms with Gasteiger partial charge in [0.25, 0.3) is 0 Å². The van der Waals surface area contributed by atoms with E-state index in [1.807, 2.05) is 30.5 Å². The molecule has 210 valence electrons. The number of allylic oxidation sites excluding steroid dienone is 4. The van der Waals surface area contributed by atoms with Gasteiger partial charge in [-0.05, 0) is 40.4 Å². The second kappa shape index (κ2) is 10.2. The molecule has 8 aromatic rings. The fraction of sp³-hybridized carbons (Fsp3) is 0.0250. The van der Waals surface area contributed by atoms with Crippen LogP contribution in [-0.2, 0) is 0 Å². The van der Waals surface area contributed by atoms with Gasteiger partial charge in [0, 0.05) is 55.8 Å². The van der Waals surface area contributed by atoms with Crippen molar-refractivity contribution in [2.45, 2.75) is 11.3 Å². The molecule has 1 aliphatic carbocycles. The van der Waals surface area contributed by atoms with Gasteiger partial charge in [-0.15, -0.1) is 12.6 Å². The number of rotatable bonds is 3. The summed E-state index contributed by atoms with van der Waals surface area (Å²) in [6, 6.07) is 35.6. The van der Waals surface area contributed by atoms with Crippen LogP contribution in [0, 0.1) is 11.8 Å². The molecule has 0 radical (unpaired) electrons. The number of aromatic nitrogens is 4. The van der Waals surface area contributed by atoms with Gasteiger partial charge in [-0.3, -0.25) is 4.57 Å². The Kier molecular flexibility index (Phi) is 5.84. The summed E-state index contributed by atoms with van der Waals surface area (Å²) >= 11 is 5.31. The molecule has 1 aliphatic rings. The van der Waals surface area contributed by atoms with E-state index in [9.17, 15) is 0 Å². The van der Waals surface area contributed by atoms with Gasteiger partial charge in [0.1, 0.15) is 5.65 Å². The van der Waals surface area contributed by atoms with Crippen molar-refractivity contribution in [3.8, 4) is 29.0 Å². The highest BCUT2D eigenvalue weighted by atomic mass is 32.1. The van der Waals surface area contributed by atoms with Crippen molar-refractivity contribution in [2.24, 2.45) is 0 Å². The summed E-state index contributed by atoms with van der Waals surface area (Å²) in [5.74, 6) is 7.25. The standard InChI is InChI=1S/C40H24N4S/c45-38-33(26-14-4-1-2-5-15-26)29-19-10-11-20-30(29)34-31-21-12-24-41-39(31)44(37(34)38)40-42-35(27-16-6-3-7-17-27)32-23-22-25-13-8-9-18-28(25)36(32)43-40/h1,3-4,6-14,16-24,45H,2H2.